The van der Waals surface area contributed by atoms with E-state index < -0.39 is 17.6 Å². The number of nitrogens with zero attached hydrogens (tertiary/aromatic N) is 1. The molecule has 1 aromatic carbocycles. The van der Waals surface area contributed by atoms with Crippen molar-refractivity contribution in [2.75, 3.05) is 0 Å². The van der Waals surface area contributed by atoms with Crippen LogP contribution in [0.1, 0.15) is 10.5 Å². The van der Waals surface area contributed by atoms with Crippen LogP contribution >= 0.6 is 0 Å². The van der Waals surface area contributed by atoms with Crippen LogP contribution in [-0.4, -0.2) is 15.6 Å². The van der Waals surface area contributed by atoms with Gasteiger partial charge in [0.2, 0.25) is 0 Å². The molecule has 0 atom stereocenters. The molecule has 1 aromatic heterocycles. The summed E-state index contributed by atoms with van der Waals surface area (Å²) in [6, 6.07) is 4.86. The number of benzene rings is 1. The second-order valence-electron chi connectivity index (χ2n) is 3.66. The number of halogens is 2. The van der Waals surface area contributed by atoms with Gasteiger partial charge in [0, 0.05) is 18.8 Å². The van der Waals surface area contributed by atoms with Gasteiger partial charge in [0.15, 0.2) is 11.6 Å². The Kier molecular flexibility index (Phi) is 2.67. The van der Waals surface area contributed by atoms with Crippen molar-refractivity contribution in [2.45, 2.75) is 0 Å². The average molecular weight is 237 g/mol. The first-order chi connectivity index (χ1) is 7.99. The summed E-state index contributed by atoms with van der Waals surface area (Å²) in [5.74, 6) is -2.95. The molecule has 88 valence electrons. The highest BCUT2D eigenvalue weighted by atomic mass is 19.2. The summed E-state index contributed by atoms with van der Waals surface area (Å²) in [5.41, 5.74) is 1.06. The van der Waals surface area contributed by atoms with Crippen LogP contribution in [0.25, 0.3) is 11.1 Å². The van der Waals surface area contributed by atoms with Gasteiger partial charge in [0.05, 0.1) is 0 Å². The van der Waals surface area contributed by atoms with Crippen molar-refractivity contribution in [3.63, 3.8) is 0 Å². The molecule has 0 bridgehead atoms. The lowest BCUT2D eigenvalue weighted by atomic mass is 10.1. The quantitative estimate of drug-likeness (QED) is 0.872. The molecule has 2 aromatic rings. The standard InChI is InChI=1S/C12H9F2NO2/c1-15-6-8(5-11(15)12(16)17)7-2-3-9(13)10(14)4-7/h2-6H,1H3,(H,16,17). The van der Waals surface area contributed by atoms with E-state index in [0.717, 1.165) is 12.1 Å². The molecule has 1 heterocycles. The van der Waals surface area contributed by atoms with Crippen molar-refractivity contribution in [1.82, 2.24) is 4.57 Å². The monoisotopic (exact) mass is 237 g/mol. The highest BCUT2D eigenvalue weighted by molar-refractivity contribution is 5.88. The highest BCUT2D eigenvalue weighted by Crippen LogP contribution is 2.23. The van der Waals surface area contributed by atoms with Crippen LogP contribution in [0.4, 0.5) is 8.78 Å². The molecular weight excluding hydrogens is 228 g/mol. The highest BCUT2D eigenvalue weighted by Gasteiger charge is 2.12. The molecule has 0 radical (unpaired) electrons. The van der Waals surface area contributed by atoms with Gasteiger partial charge in [-0.25, -0.2) is 13.6 Å². The van der Waals surface area contributed by atoms with Crippen LogP contribution < -0.4 is 0 Å². The molecule has 0 fully saturated rings. The average Bonchev–Trinajstić information content (AvgIpc) is 2.64. The number of hydrogen-bond donors (Lipinski definition) is 1. The lowest BCUT2D eigenvalue weighted by Crippen LogP contribution is -2.02. The summed E-state index contributed by atoms with van der Waals surface area (Å²) in [6.45, 7) is 0. The maximum atomic E-state index is 13.0. The number of aromatic nitrogens is 1. The fourth-order valence-corrected chi connectivity index (χ4v) is 1.61. The molecule has 2 rings (SSSR count). The van der Waals surface area contributed by atoms with E-state index in [9.17, 15) is 13.6 Å². The third kappa shape index (κ3) is 2.04. The SMILES string of the molecule is Cn1cc(-c2ccc(F)c(F)c2)cc1C(=O)O. The summed E-state index contributed by atoms with van der Waals surface area (Å²) in [6.07, 6.45) is 1.55. The van der Waals surface area contributed by atoms with Gasteiger partial charge < -0.3 is 9.67 Å². The van der Waals surface area contributed by atoms with Gasteiger partial charge in [-0.2, -0.15) is 0 Å². The van der Waals surface area contributed by atoms with Crippen LogP contribution in [0.5, 0.6) is 0 Å². The molecule has 5 heteroatoms. The van der Waals surface area contributed by atoms with E-state index in [4.69, 9.17) is 5.11 Å². The van der Waals surface area contributed by atoms with Crippen molar-refractivity contribution in [3.05, 3.63) is 47.8 Å². The summed E-state index contributed by atoms with van der Waals surface area (Å²) < 4.78 is 27.2. The van der Waals surface area contributed by atoms with Crippen molar-refractivity contribution in [3.8, 4) is 11.1 Å². The van der Waals surface area contributed by atoms with Crippen LogP contribution in [-0.2, 0) is 7.05 Å². The van der Waals surface area contributed by atoms with Gasteiger partial charge in [-0.05, 0) is 23.8 Å². The van der Waals surface area contributed by atoms with Crippen molar-refractivity contribution in [1.29, 1.82) is 0 Å². The molecule has 0 aliphatic carbocycles. The number of aromatic carboxylic acids is 1. The first-order valence-corrected chi connectivity index (χ1v) is 4.84. The van der Waals surface area contributed by atoms with Gasteiger partial charge in [-0.15, -0.1) is 0 Å². The Morgan fingerprint density at radius 2 is 1.88 bits per heavy atom. The number of hydrogen-bond acceptors (Lipinski definition) is 1. The van der Waals surface area contributed by atoms with Gasteiger partial charge >= 0.3 is 5.97 Å². The first kappa shape index (κ1) is 11.3. The molecule has 0 amide bonds. The zero-order valence-corrected chi connectivity index (χ0v) is 8.95. The van der Waals surface area contributed by atoms with Crippen LogP contribution in [0.3, 0.4) is 0 Å². The predicted molar refractivity (Wildman–Crippen MR) is 57.7 cm³/mol. The van der Waals surface area contributed by atoms with Crippen LogP contribution in [0.15, 0.2) is 30.5 Å². The van der Waals surface area contributed by atoms with Crippen molar-refractivity contribution in [2.24, 2.45) is 7.05 Å². The zero-order chi connectivity index (χ0) is 12.6. The Hall–Kier alpha value is -2.17. The van der Waals surface area contributed by atoms with Crippen LogP contribution in [0, 0.1) is 11.6 Å². The molecule has 1 N–H and O–H groups in total. The summed E-state index contributed by atoms with van der Waals surface area (Å²) >= 11 is 0. The predicted octanol–water partition coefficient (Wildman–Crippen LogP) is 2.67. The topological polar surface area (TPSA) is 42.2 Å². The molecule has 0 spiro atoms. The number of aryl methyl sites for hydroxylation is 1. The normalized spacial score (nSPS) is 10.5. The number of carboxylic acid groups (broad SMARTS) is 1. The lowest BCUT2D eigenvalue weighted by Gasteiger charge is -1.98. The van der Waals surface area contributed by atoms with Crippen molar-refractivity contribution < 1.29 is 18.7 Å². The van der Waals surface area contributed by atoms with E-state index in [1.54, 1.807) is 13.2 Å². The summed E-state index contributed by atoms with van der Waals surface area (Å²) in [4.78, 5) is 10.8. The summed E-state index contributed by atoms with van der Waals surface area (Å²) in [7, 11) is 1.58. The minimum absolute atomic E-state index is 0.0877. The second-order valence-corrected chi connectivity index (χ2v) is 3.66. The zero-order valence-electron chi connectivity index (χ0n) is 8.95. The van der Waals surface area contributed by atoms with E-state index in [0.29, 0.717) is 11.1 Å². The molecule has 3 nitrogen and oxygen atoms in total. The minimum Gasteiger partial charge on any atom is -0.477 e. The fraction of sp³-hybridized carbons (Fsp3) is 0.0833. The summed E-state index contributed by atoms with van der Waals surface area (Å²) in [5, 5.41) is 8.87. The number of carbonyl (C=O) groups is 1. The van der Waals surface area contributed by atoms with Gasteiger partial charge in [0.25, 0.3) is 0 Å². The Bertz CT molecular complexity index is 590. The van der Waals surface area contributed by atoms with Gasteiger partial charge in [-0.3, -0.25) is 0 Å². The van der Waals surface area contributed by atoms with Crippen molar-refractivity contribution >= 4 is 5.97 Å². The van der Waals surface area contributed by atoms with E-state index in [1.807, 2.05) is 0 Å². The first-order valence-electron chi connectivity index (χ1n) is 4.84. The second kappa shape index (κ2) is 4.01. The largest absolute Gasteiger partial charge is 0.477 e. The molecule has 17 heavy (non-hydrogen) atoms. The van der Waals surface area contributed by atoms with E-state index in [1.165, 1.54) is 16.7 Å². The third-order valence-corrected chi connectivity index (χ3v) is 2.48. The lowest BCUT2D eigenvalue weighted by molar-refractivity contribution is 0.0686. The van der Waals surface area contributed by atoms with E-state index >= 15 is 0 Å². The Balaban J connectivity index is 2.50. The third-order valence-electron chi connectivity index (χ3n) is 2.48. The molecular formula is C12H9F2NO2. The van der Waals surface area contributed by atoms with E-state index in [-0.39, 0.29) is 5.69 Å². The Morgan fingerprint density at radius 3 is 2.41 bits per heavy atom. The minimum atomic E-state index is -1.07. The van der Waals surface area contributed by atoms with Gasteiger partial charge in [0.1, 0.15) is 5.69 Å². The molecule has 0 saturated heterocycles. The number of carboxylic acids is 1. The molecule has 0 saturated carbocycles. The Labute approximate surface area is 95.9 Å². The maximum Gasteiger partial charge on any atom is 0.352 e. The molecule has 0 aliphatic rings. The van der Waals surface area contributed by atoms with E-state index in [2.05, 4.69) is 0 Å². The fourth-order valence-electron chi connectivity index (χ4n) is 1.61. The Morgan fingerprint density at radius 1 is 1.18 bits per heavy atom. The van der Waals surface area contributed by atoms with Crippen LogP contribution in [0.2, 0.25) is 0 Å². The molecule has 0 aliphatic heterocycles. The van der Waals surface area contributed by atoms with Gasteiger partial charge in [-0.1, -0.05) is 6.07 Å². The number of rotatable bonds is 2. The molecule has 0 unspecified atom stereocenters. The maximum absolute atomic E-state index is 13.0. The smallest absolute Gasteiger partial charge is 0.352 e.